The number of methoxy groups -OCH3 is 1. The van der Waals surface area contributed by atoms with Crippen molar-refractivity contribution >= 4 is 6.03 Å². The van der Waals surface area contributed by atoms with Crippen LogP contribution >= 0.6 is 0 Å². The second-order valence-corrected chi connectivity index (χ2v) is 5.88. The van der Waals surface area contributed by atoms with Gasteiger partial charge in [-0.1, -0.05) is 0 Å². The maximum absolute atomic E-state index is 12.6. The molecule has 0 saturated carbocycles. The fourth-order valence-electron chi connectivity index (χ4n) is 3.49. The molecule has 1 aromatic heterocycles. The molecule has 2 aliphatic heterocycles. The summed E-state index contributed by atoms with van der Waals surface area (Å²) in [5, 5.41) is 4.45. The van der Waals surface area contributed by atoms with Gasteiger partial charge in [0.15, 0.2) is 0 Å². The van der Waals surface area contributed by atoms with E-state index in [1.54, 1.807) is 7.11 Å². The van der Waals surface area contributed by atoms with Crippen LogP contribution in [0, 0.1) is 0 Å². The van der Waals surface area contributed by atoms with Crippen LogP contribution in [0.4, 0.5) is 4.79 Å². The van der Waals surface area contributed by atoms with Gasteiger partial charge in [0.25, 0.3) is 0 Å². The Bertz CT molecular complexity index is 508. The van der Waals surface area contributed by atoms with Crippen molar-refractivity contribution in [1.82, 2.24) is 19.6 Å². The first-order valence-electron chi connectivity index (χ1n) is 7.82. The third-order valence-electron chi connectivity index (χ3n) is 4.46. The van der Waals surface area contributed by atoms with Gasteiger partial charge in [0, 0.05) is 44.8 Å². The lowest BCUT2D eigenvalue weighted by molar-refractivity contribution is 0.124. The zero-order chi connectivity index (χ0) is 14.8. The highest BCUT2D eigenvalue weighted by Crippen LogP contribution is 2.29. The lowest BCUT2D eigenvalue weighted by Gasteiger charge is -2.35. The molecule has 1 saturated heterocycles. The van der Waals surface area contributed by atoms with Crippen molar-refractivity contribution in [3.63, 3.8) is 0 Å². The monoisotopic (exact) mass is 292 g/mol. The van der Waals surface area contributed by atoms with E-state index in [-0.39, 0.29) is 11.9 Å². The van der Waals surface area contributed by atoms with Gasteiger partial charge in [-0.2, -0.15) is 5.10 Å². The first kappa shape index (κ1) is 14.4. The van der Waals surface area contributed by atoms with Crippen LogP contribution in [0.25, 0.3) is 0 Å². The maximum Gasteiger partial charge on any atom is 0.320 e. The molecule has 3 heterocycles. The number of hydrogen-bond acceptors (Lipinski definition) is 3. The molecule has 0 unspecified atom stereocenters. The second kappa shape index (κ2) is 6.05. The molecule has 6 heteroatoms. The highest BCUT2D eigenvalue weighted by molar-refractivity contribution is 5.75. The van der Waals surface area contributed by atoms with Crippen molar-refractivity contribution in [3.05, 3.63) is 17.5 Å². The van der Waals surface area contributed by atoms with Crippen LogP contribution in [0.3, 0.4) is 0 Å². The molecular weight excluding hydrogens is 268 g/mol. The summed E-state index contributed by atoms with van der Waals surface area (Å²) in [6, 6.07) is 0.170. The highest BCUT2D eigenvalue weighted by Gasteiger charge is 2.33. The van der Waals surface area contributed by atoms with E-state index in [0.29, 0.717) is 13.2 Å². The van der Waals surface area contributed by atoms with Crippen molar-refractivity contribution < 1.29 is 9.53 Å². The van der Waals surface area contributed by atoms with E-state index in [4.69, 9.17) is 4.74 Å². The molecule has 2 amide bonds. The van der Waals surface area contributed by atoms with Gasteiger partial charge >= 0.3 is 6.03 Å². The zero-order valence-electron chi connectivity index (χ0n) is 12.9. The fraction of sp³-hybridized carbons (Fsp3) is 0.733. The number of likely N-dealkylation sites (tertiary alicyclic amines) is 1. The van der Waals surface area contributed by atoms with Crippen LogP contribution in [0.2, 0.25) is 0 Å². The summed E-state index contributed by atoms with van der Waals surface area (Å²) in [6.07, 6.45) is 4.16. The van der Waals surface area contributed by atoms with Gasteiger partial charge in [-0.15, -0.1) is 0 Å². The average molecular weight is 292 g/mol. The first-order chi connectivity index (χ1) is 10.2. The Morgan fingerprint density at radius 2 is 2.14 bits per heavy atom. The topological polar surface area (TPSA) is 50.6 Å². The maximum atomic E-state index is 12.6. The molecule has 1 aromatic rings. The van der Waals surface area contributed by atoms with E-state index >= 15 is 0 Å². The van der Waals surface area contributed by atoms with Gasteiger partial charge in [-0.25, -0.2) is 4.79 Å². The number of ether oxygens (including phenoxy) is 1. The Morgan fingerprint density at radius 3 is 2.81 bits per heavy atom. The van der Waals surface area contributed by atoms with Gasteiger partial charge in [0.1, 0.15) is 0 Å². The Kier molecular flexibility index (Phi) is 4.14. The Labute approximate surface area is 125 Å². The summed E-state index contributed by atoms with van der Waals surface area (Å²) in [4.78, 5) is 16.5. The molecular formula is C15H24N4O2. The molecule has 2 aliphatic rings. The third-order valence-corrected chi connectivity index (χ3v) is 4.46. The van der Waals surface area contributed by atoms with E-state index in [9.17, 15) is 4.79 Å². The molecule has 1 atom stereocenters. The Hall–Kier alpha value is -1.56. The van der Waals surface area contributed by atoms with Crippen molar-refractivity contribution in [2.75, 3.05) is 33.4 Å². The minimum absolute atomic E-state index is 0.170. The average Bonchev–Trinajstić information content (AvgIpc) is 3.16. The van der Waals surface area contributed by atoms with E-state index < -0.39 is 0 Å². The molecule has 6 nitrogen and oxygen atoms in total. The molecule has 116 valence electrons. The van der Waals surface area contributed by atoms with Crippen LogP contribution in [0.5, 0.6) is 0 Å². The number of nitrogens with zero attached hydrogens (tertiary/aromatic N) is 4. The van der Waals surface area contributed by atoms with Crippen molar-refractivity contribution in [2.24, 2.45) is 0 Å². The van der Waals surface area contributed by atoms with Gasteiger partial charge in [-0.3, -0.25) is 4.68 Å². The predicted octanol–water partition coefficient (Wildman–Crippen LogP) is 1.66. The summed E-state index contributed by atoms with van der Waals surface area (Å²) in [7, 11) is 1.72. The number of carbonyl (C=O) groups excluding carboxylic acids is 1. The number of fused-ring (bicyclic) bond motifs is 1. The number of amides is 2. The first-order valence-corrected chi connectivity index (χ1v) is 7.82. The summed E-state index contributed by atoms with van der Waals surface area (Å²) < 4.78 is 7.41. The summed E-state index contributed by atoms with van der Waals surface area (Å²) in [5.74, 6) is 0.216. The number of aromatic nitrogens is 2. The summed E-state index contributed by atoms with van der Waals surface area (Å²) in [5.41, 5.74) is 2.41. The van der Waals surface area contributed by atoms with Crippen molar-refractivity contribution in [1.29, 1.82) is 0 Å². The SMILES string of the molecule is CCn1ncc2c1[C@H](COC)CN(C(=O)N1CCCC1)C2. The minimum atomic E-state index is 0.170. The quantitative estimate of drug-likeness (QED) is 0.851. The molecule has 3 rings (SSSR count). The lowest BCUT2D eigenvalue weighted by atomic mass is 9.97. The predicted molar refractivity (Wildman–Crippen MR) is 79.1 cm³/mol. The largest absolute Gasteiger partial charge is 0.384 e. The summed E-state index contributed by atoms with van der Waals surface area (Å²) in [6.45, 7) is 6.76. The molecule has 21 heavy (non-hydrogen) atoms. The number of aryl methyl sites for hydroxylation is 1. The van der Waals surface area contributed by atoms with Crippen LogP contribution in [-0.4, -0.2) is 59.0 Å². The number of rotatable bonds is 3. The van der Waals surface area contributed by atoms with Gasteiger partial charge < -0.3 is 14.5 Å². The van der Waals surface area contributed by atoms with E-state index in [1.807, 2.05) is 20.7 Å². The van der Waals surface area contributed by atoms with Gasteiger partial charge in [-0.05, 0) is 19.8 Å². The van der Waals surface area contributed by atoms with Crippen LogP contribution in [-0.2, 0) is 17.8 Å². The fourth-order valence-corrected chi connectivity index (χ4v) is 3.49. The normalized spacial score (nSPS) is 21.7. The molecule has 0 aromatic carbocycles. The summed E-state index contributed by atoms with van der Waals surface area (Å²) >= 11 is 0. The third kappa shape index (κ3) is 2.64. The lowest BCUT2D eigenvalue weighted by Crippen LogP contribution is -2.46. The molecule has 1 fully saturated rings. The molecule has 0 aliphatic carbocycles. The van der Waals surface area contributed by atoms with E-state index in [2.05, 4.69) is 12.0 Å². The van der Waals surface area contributed by atoms with E-state index in [0.717, 1.165) is 44.6 Å². The smallest absolute Gasteiger partial charge is 0.320 e. The molecule has 0 spiro atoms. The molecule has 0 bridgehead atoms. The van der Waals surface area contributed by atoms with Gasteiger partial charge in [0.2, 0.25) is 0 Å². The van der Waals surface area contributed by atoms with E-state index in [1.165, 1.54) is 5.69 Å². The van der Waals surface area contributed by atoms with Crippen LogP contribution < -0.4 is 0 Å². The van der Waals surface area contributed by atoms with Gasteiger partial charge in [0.05, 0.1) is 25.0 Å². The van der Waals surface area contributed by atoms with Crippen LogP contribution in [0.1, 0.15) is 36.9 Å². The highest BCUT2D eigenvalue weighted by atomic mass is 16.5. The van der Waals surface area contributed by atoms with Crippen molar-refractivity contribution in [2.45, 2.75) is 38.8 Å². The number of hydrogen-bond donors (Lipinski definition) is 0. The standard InChI is InChI=1S/C15H24N4O2/c1-3-19-14-12(8-16-19)9-18(10-13(14)11-21-2)15(20)17-6-4-5-7-17/h8,13H,3-7,9-11H2,1-2H3/t13-/m0/s1. The minimum Gasteiger partial charge on any atom is -0.384 e. The van der Waals surface area contributed by atoms with Crippen molar-refractivity contribution in [3.8, 4) is 0 Å². The molecule has 0 radical (unpaired) electrons. The Balaban J connectivity index is 1.82. The molecule has 0 N–H and O–H groups in total. The van der Waals surface area contributed by atoms with Crippen LogP contribution in [0.15, 0.2) is 6.20 Å². The Morgan fingerprint density at radius 1 is 1.38 bits per heavy atom. The second-order valence-electron chi connectivity index (χ2n) is 5.88. The number of carbonyl (C=O) groups is 1. The zero-order valence-corrected chi connectivity index (χ0v) is 12.9. The number of urea groups is 1.